The van der Waals surface area contributed by atoms with Gasteiger partial charge in [-0.15, -0.1) is 11.3 Å². The first-order valence-electron chi connectivity index (χ1n) is 5.81. The second kappa shape index (κ2) is 4.42. The quantitative estimate of drug-likeness (QED) is 0.785. The standard InChI is InChI=1S/C13H14N4S/c1-9-11(8-17(2)16-9)14-7-13-15-10-5-3-4-6-12(10)18-13/h3-6,8,14H,7H2,1-2H3. The van der Waals surface area contributed by atoms with E-state index in [1.165, 1.54) is 4.70 Å². The van der Waals surface area contributed by atoms with Crippen LogP contribution >= 0.6 is 11.3 Å². The molecule has 5 heteroatoms. The molecule has 1 aromatic carbocycles. The van der Waals surface area contributed by atoms with Gasteiger partial charge >= 0.3 is 0 Å². The summed E-state index contributed by atoms with van der Waals surface area (Å²) in [6.45, 7) is 2.74. The number of hydrogen-bond donors (Lipinski definition) is 1. The van der Waals surface area contributed by atoms with Crippen LogP contribution in [0.3, 0.4) is 0 Å². The molecule has 0 radical (unpaired) electrons. The molecule has 0 aliphatic rings. The van der Waals surface area contributed by atoms with Gasteiger partial charge in [-0.05, 0) is 19.1 Å². The summed E-state index contributed by atoms with van der Waals surface area (Å²) < 4.78 is 3.05. The van der Waals surface area contributed by atoms with Gasteiger partial charge in [-0.25, -0.2) is 4.98 Å². The van der Waals surface area contributed by atoms with Crippen LogP contribution in [0, 0.1) is 6.92 Å². The first kappa shape index (κ1) is 11.2. The summed E-state index contributed by atoms with van der Waals surface area (Å²) in [5, 5.41) is 8.78. The number of aromatic nitrogens is 3. The molecule has 0 fully saturated rings. The van der Waals surface area contributed by atoms with Gasteiger partial charge in [0.2, 0.25) is 0 Å². The maximum absolute atomic E-state index is 4.59. The number of anilines is 1. The van der Waals surface area contributed by atoms with Crippen LogP contribution in [0.1, 0.15) is 10.7 Å². The largest absolute Gasteiger partial charge is 0.376 e. The van der Waals surface area contributed by atoms with E-state index in [-0.39, 0.29) is 0 Å². The van der Waals surface area contributed by atoms with Crippen molar-refractivity contribution in [2.24, 2.45) is 7.05 Å². The molecule has 0 saturated carbocycles. The van der Waals surface area contributed by atoms with Crippen LogP contribution < -0.4 is 5.32 Å². The summed E-state index contributed by atoms with van der Waals surface area (Å²) >= 11 is 1.73. The first-order valence-corrected chi connectivity index (χ1v) is 6.62. The lowest BCUT2D eigenvalue weighted by Gasteiger charge is -2.00. The van der Waals surface area contributed by atoms with E-state index in [9.17, 15) is 0 Å². The van der Waals surface area contributed by atoms with E-state index in [1.807, 2.05) is 43.0 Å². The SMILES string of the molecule is Cc1nn(C)cc1NCc1nc2ccccc2s1. The fraction of sp³-hybridized carbons (Fsp3) is 0.231. The van der Waals surface area contributed by atoms with E-state index in [1.54, 1.807) is 11.3 Å². The third-order valence-corrected chi connectivity index (χ3v) is 3.82. The van der Waals surface area contributed by atoms with Gasteiger partial charge in [-0.2, -0.15) is 5.10 Å². The number of rotatable bonds is 3. The third kappa shape index (κ3) is 2.09. The Hall–Kier alpha value is -1.88. The van der Waals surface area contributed by atoms with E-state index in [0.29, 0.717) is 0 Å². The van der Waals surface area contributed by atoms with Gasteiger partial charge in [0.1, 0.15) is 5.01 Å². The van der Waals surface area contributed by atoms with Gasteiger partial charge in [0.05, 0.1) is 28.1 Å². The van der Waals surface area contributed by atoms with Gasteiger partial charge in [-0.3, -0.25) is 4.68 Å². The van der Waals surface area contributed by atoms with Crippen molar-refractivity contribution >= 4 is 27.2 Å². The average Bonchev–Trinajstić information content (AvgIpc) is 2.89. The van der Waals surface area contributed by atoms with Gasteiger partial charge in [0.25, 0.3) is 0 Å². The number of fused-ring (bicyclic) bond motifs is 1. The van der Waals surface area contributed by atoms with Crippen molar-refractivity contribution in [2.45, 2.75) is 13.5 Å². The molecule has 2 aromatic heterocycles. The molecule has 0 unspecified atom stereocenters. The lowest BCUT2D eigenvalue weighted by Crippen LogP contribution is -1.98. The molecule has 1 N–H and O–H groups in total. The highest BCUT2D eigenvalue weighted by Crippen LogP contribution is 2.22. The van der Waals surface area contributed by atoms with Crippen LogP contribution in [0.25, 0.3) is 10.2 Å². The fourth-order valence-electron chi connectivity index (χ4n) is 1.94. The Labute approximate surface area is 109 Å². The Morgan fingerprint density at radius 1 is 1.33 bits per heavy atom. The Morgan fingerprint density at radius 2 is 2.17 bits per heavy atom. The van der Waals surface area contributed by atoms with Crippen molar-refractivity contribution in [3.8, 4) is 0 Å². The maximum Gasteiger partial charge on any atom is 0.113 e. The molecule has 3 rings (SSSR count). The molecule has 4 nitrogen and oxygen atoms in total. The highest BCUT2D eigenvalue weighted by Gasteiger charge is 2.05. The number of benzene rings is 1. The minimum Gasteiger partial charge on any atom is -0.376 e. The molecular weight excluding hydrogens is 244 g/mol. The molecule has 0 aliphatic carbocycles. The number of hydrogen-bond acceptors (Lipinski definition) is 4. The minimum atomic E-state index is 0.742. The smallest absolute Gasteiger partial charge is 0.113 e. The topological polar surface area (TPSA) is 42.7 Å². The Balaban J connectivity index is 1.78. The zero-order valence-corrected chi connectivity index (χ0v) is 11.2. The number of aryl methyl sites for hydroxylation is 2. The van der Waals surface area contributed by atoms with Crippen molar-refractivity contribution in [2.75, 3.05) is 5.32 Å². The zero-order valence-electron chi connectivity index (χ0n) is 10.3. The van der Waals surface area contributed by atoms with E-state index in [0.717, 1.165) is 28.5 Å². The molecule has 2 heterocycles. The molecule has 0 amide bonds. The number of thiazole rings is 1. The second-order valence-electron chi connectivity index (χ2n) is 4.23. The monoisotopic (exact) mass is 258 g/mol. The van der Waals surface area contributed by atoms with Crippen molar-refractivity contribution in [3.63, 3.8) is 0 Å². The lowest BCUT2D eigenvalue weighted by atomic mass is 10.3. The molecule has 0 atom stereocenters. The van der Waals surface area contributed by atoms with Crippen LogP contribution in [0.4, 0.5) is 5.69 Å². The average molecular weight is 258 g/mol. The van der Waals surface area contributed by atoms with Crippen molar-refractivity contribution in [1.82, 2.24) is 14.8 Å². The molecule has 0 bridgehead atoms. The van der Waals surface area contributed by atoms with Gasteiger partial charge in [0.15, 0.2) is 0 Å². The van der Waals surface area contributed by atoms with E-state index < -0.39 is 0 Å². The van der Waals surface area contributed by atoms with Gasteiger partial charge < -0.3 is 5.32 Å². The predicted molar refractivity (Wildman–Crippen MR) is 74.9 cm³/mol. The second-order valence-corrected chi connectivity index (χ2v) is 5.35. The highest BCUT2D eigenvalue weighted by atomic mass is 32.1. The summed E-state index contributed by atoms with van der Waals surface area (Å²) in [6.07, 6.45) is 1.99. The summed E-state index contributed by atoms with van der Waals surface area (Å²) in [5.41, 5.74) is 3.15. The van der Waals surface area contributed by atoms with Crippen LogP contribution in [0.2, 0.25) is 0 Å². The number of nitrogens with zero attached hydrogens (tertiary/aromatic N) is 3. The fourth-order valence-corrected chi connectivity index (χ4v) is 2.85. The maximum atomic E-state index is 4.59. The van der Waals surface area contributed by atoms with Crippen molar-refractivity contribution in [1.29, 1.82) is 0 Å². The first-order chi connectivity index (χ1) is 8.72. The third-order valence-electron chi connectivity index (χ3n) is 2.78. The lowest BCUT2D eigenvalue weighted by molar-refractivity contribution is 0.756. The summed E-state index contributed by atoms with van der Waals surface area (Å²) in [4.78, 5) is 4.59. The van der Waals surface area contributed by atoms with Crippen molar-refractivity contribution in [3.05, 3.63) is 41.2 Å². The molecular formula is C13H14N4S. The van der Waals surface area contributed by atoms with E-state index in [4.69, 9.17) is 0 Å². The molecule has 92 valence electrons. The molecule has 0 aliphatic heterocycles. The molecule has 18 heavy (non-hydrogen) atoms. The Bertz CT molecular complexity index is 650. The van der Waals surface area contributed by atoms with Crippen molar-refractivity contribution < 1.29 is 0 Å². The van der Waals surface area contributed by atoms with Crippen LogP contribution in [-0.2, 0) is 13.6 Å². The number of para-hydroxylation sites is 1. The Kier molecular flexibility index (Phi) is 2.76. The molecule has 0 spiro atoms. The van der Waals surface area contributed by atoms with Crippen LogP contribution in [0.5, 0.6) is 0 Å². The normalized spacial score (nSPS) is 11.0. The predicted octanol–water partition coefficient (Wildman–Crippen LogP) is 2.95. The highest BCUT2D eigenvalue weighted by molar-refractivity contribution is 7.18. The number of nitrogens with one attached hydrogen (secondary N) is 1. The zero-order chi connectivity index (χ0) is 12.5. The van der Waals surface area contributed by atoms with Crippen LogP contribution in [-0.4, -0.2) is 14.8 Å². The molecule has 0 saturated heterocycles. The summed E-state index contributed by atoms with van der Waals surface area (Å²) in [7, 11) is 1.93. The van der Waals surface area contributed by atoms with Crippen LogP contribution in [0.15, 0.2) is 30.5 Å². The Morgan fingerprint density at radius 3 is 2.89 bits per heavy atom. The summed E-state index contributed by atoms with van der Waals surface area (Å²) in [5.74, 6) is 0. The van der Waals surface area contributed by atoms with E-state index >= 15 is 0 Å². The minimum absolute atomic E-state index is 0.742. The molecule has 3 aromatic rings. The van der Waals surface area contributed by atoms with Gasteiger partial charge in [0, 0.05) is 13.2 Å². The van der Waals surface area contributed by atoms with Gasteiger partial charge in [-0.1, -0.05) is 12.1 Å². The van der Waals surface area contributed by atoms with E-state index in [2.05, 4.69) is 21.5 Å². The summed E-state index contributed by atoms with van der Waals surface area (Å²) in [6, 6.07) is 8.21.